The van der Waals surface area contributed by atoms with E-state index in [1.807, 2.05) is 6.92 Å². The number of Topliss-reactive ketones (excluding diaryl/α,β-unsaturated/α-hetero) is 2. The summed E-state index contributed by atoms with van der Waals surface area (Å²) in [5.74, 6) is -6.66. The van der Waals surface area contributed by atoms with Crippen LogP contribution < -0.4 is 0 Å². The fourth-order valence-corrected chi connectivity index (χ4v) is 6.95. The van der Waals surface area contributed by atoms with Crippen LogP contribution in [0.25, 0.3) is 0 Å². The summed E-state index contributed by atoms with van der Waals surface area (Å²) >= 11 is 0. The van der Waals surface area contributed by atoms with Crippen molar-refractivity contribution in [1.82, 2.24) is 4.90 Å². The van der Waals surface area contributed by atoms with Gasteiger partial charge in [-0.15, -0.1) is 6.58 Å². The standard InChI is InChI=1S/C36H61NO10/c1-10-15-22(4)19-30(44-8)32-31(45-9)20-24(6)36(43,47-32)33(40)34(41)37-18-14-13-17-26(37)35(42)46-29(12-3)25(7)28(39)21-27(38)23(5)16-11-2/h11,22-26,28-32,39,43H,2,10,12-21H2,1,3-9H3/t22?,23?,24-,25?,26+,28?,29?,30?,31+,32-,36-/m1/s1. The number of carbonyl (C=O) groups excluding carboxylic acids is 4. The van der Waals surface area contributed by atoms with Crippen molar-refractivity contribution in [2.24, 2.45) is 23.7 Å². The van der Waals surface area contributed by atoms with E-state index >= 15 is 0 Å². The number of hydrogen-bond acceptors (Lipinski definition) is 10. The van der Waals surface area contributed by atoms with Gasteiger partial charge in [-0.3, -0.25) is 14.4 Å². The second-order valence-corrected chi connectivity index (χ2v) is 13.8. The molecule has 0 aromatic rings. The lowest BCUT2D eigenvalue weighted by Crippen LogP contribution is -2.64. The molecule has 6 unspecified atom stereocenters. The third-order valence-electron chi connectivity index (χ3n) is 10.2. The zero-order chi connectivity index (χ0) is 35.5. The average molecular weight is 668 g/mol. The molecule has 0 radical (unpaired) electrons. The van der Waals surface area contributed by atoms with Crippen molar-refractivity contribution in [3.63, 3.8) is 0 Å². The molecule has 2 fully saturated rings. The number of ether oxygens (including phenoxy) is 4. The molecule has 0 bridgehead atoms. The Kier molecular flexibility index (Phi) is 16.7. The Morgan fingerprint density at radius 2 is 1.81 bits per heavy atom. The number of ketones is 2. The highest BCUT2D eigenvalue weighted by molar-refractivity contribution is 6.39. The predicted molar refractivity (Wildman–Crippen MR) is 177 cm³/mol. The molecule has 2 aliphatic heterocycles. The fraction of sp³-hybridized carbons (Fsp3) is 0.833. The highest BCUT2D eigenvalue weighted by Crippen LogP contribution is 2.38. The predicted octanol–water partition coefficient (Wildman–Crippen LogP) is 4.40. The molecule has 11 atom stereocenters. The molecular weight excluding hydrogens is 606 g/mol. The van der Waals surface area contributed by atoms with Gasteiger partial charge in [0.1, 0.15) is 24.0 Å². The number of likely N-dealkylation sites (tertiary alicyclic amines) is 1. The van der Waals surface area contributed by atoms with E-state index in [0.29, 0.717) is 38.0 Å². The molecule has 0 aliphatic carbocycles. The second-order valence-electron chi connectivity index (χ2n) is 13.8. The van der Waals surface area contributed by atoms with E-state index in [1.165, 1.54) is 4.90 Å². The molecule has 0 saturated carbocycles. The van der Waals surface area contributed by atoms with Gasteiger partial charge < -0.3 is 34.1 Å². The monoisotopic (exact) mass is 667 g/mol. The first-order valence-electron chi connectivity index (χ1n) is 17.5. The van der Waals surface area contributed by atoms with Crippen molar-refractivity contribution in [1.29, 1.82) is 0 Å². The minimum absolute atomic E-state index is 0.0735. The zero-order valence-corrected chi connectivity index (χ0v) is 29.9. The summed E-state index contributed by atoms with van der Waals surface area (Å²) in [6.07, 6.45) is 3.34. The van der Waals surface area contributed by atoms with Crippen molar-refractivity contribution in [2.75, 3.05) is 20.8 Å². The number of methoxy groups -OCH3 is 2. The number of carbonyl (C=O) groups is 4. The molecule has 0 spiro atoms. The van der Waals surface area contributed by atoms with Gasteiger partial charge in [0, 0.05) is 44.9 Å². The maximum absolute atomic E-state index is 13.9. The average Bonchev–Trinajstić information content (AvgIpc) is 3.06. The molecule has 2 saturated heterocycles. The molecular formula is C36H61NO10. The van der Waals surface area contributed by atoms with Gasteiger partial charge in [0.25, 0.3) is 11.7 Å². The third-order valence-corrected chi connectivity index (χ3v) is 10.2. The summed E-state index contributed by atoms with van der Waals surface area (Å²) in [5, 5.41) is 22.6. The topological polar surface area (TPSA) is 149 Å². The number of nitrogens with zero attached hydrogens (tertiary/aromatic N) is 1. The molecule has 1 amide bonds. The minimum Gasteiger partial charge on any atom is -0.460 e. The summed E-state index contributed by atoms with van der Waals surface area (Å²) in [5.41, 5.74) is 0. The lowest BCUT2D eigenvalue weighted by atomic mass is 9.82. The number of hydrogen-bond donors (Lipinski definition) is 2. The normalized spacial score (nSPS) is 28.8. The van der Waals surface area contributed by atoms with Crippen molar-refractivity contribution < 1.29 is 48.3 Å². The van der Waals surface area contributed by atoms with Crippen LogP contribution in [-0.4, -0.2) is 102 Å². The fourth-order valence-electron chi connectivity index (χ4n) is 6.95. The number of aliphatic hydroxyl groups is 2. The third kappa shape index (κ3) is 10.4. The van der Waals surface area contributed by atoms with Crippen LogP contribution in [0.3, 0.4) is 0 Å². The molecule has 0 aromatic heterocycles. The number of piperidine rings is 1. The summed E-state index contributed by atoms with van der Waals surface area (Å²) < 4.78 is 23.5. The van der Waals surface area contributed by atoms with Crippen molar-refractivity contribution in [3.05, 3.63) is 12.7 Å². The molecule has 11 nitrogen and oxygen atoms in total. The van der Waals surface area contributed by atoms with Crippen molar-refractivity contribution in [2.45, 2.75) is 148 Å². The van der Waals surface area contributed by atoms with Crippen LogP contribution in [0.1, 0.15) is 106 Å². The van der Waals surface area contributed by atoms with E-state index in [2.05, 4.69) is 20.4 Å². The molecule has 2 N–H and O–H groups in total. The van der Waals surface area contributed by atoms with Crippen LogP contribution in [0.5, 0.6) is 0 Å². The number of allylic oxidation sites excluding steroid dienone is 1. The van der Waals surface area contributed by atoms with Crippen LogP contribution >= 0.6 is 0 Å². The summed E-state index contributed by atoms with van der Waals surface area (Å²) in [6.45, 7) is 15.0. The molecule has 2 rings (SSSR count). The second kappa shape index (κ2) is 19.1. The van der Waals surface area contributed by atoms with Gasteiger partial charge in [0.2, 0.25) is 5.79 Å². The van der Waals surface area contributed by atoms with Gasteiger partial charge >= 0.3 is 5.97 Å². The Balaban J connectivity index is 2.23. The Labute approximate surface area is 281 Å². The Hall–Kier alpha value is -2.18. The number of aliphatic hydroxyl groups excluding tert-OH is 1. The molecule has 2 heterocycles. The lowest BCUT2D eigenvalue weighted by Gasteiger charge is -2.47. The van der Waals surface area contributed by atoms with E-state index in [9.17, 15) is 29.4 Å². The Morgan fingerprint density at radius 3 is 2.38 bits per heavy atom. The summed E-state index contributed by atoms with van der Waals surface area (Å²) in [7, 11) is 3.10. The van der Waals surface area contributed by atoms with Crippen LogP contribution in [0, 0.1) is 23.7 Å². The van der Waals surface area contributed by atoms with Crippen LogP contribution in [0.15, 0.2) is 12.7 Å². The van der Waals surface area contributed by atoms with Crippen LogP contribution in [-0.2, 0) is 38.1 Å². The largest absolute Gasteiger partial charge is 0.460 e. The van der Waals surface area contributed by atoms with Gasteiger partial charge in [0.05, 0.1) is 18.3 Å². The molecule has 0 aromatic carbocycles. The van der Waals surface area contributed by atoms with E-state index in [-0.39, 0.29) is 37.5 Å². The smallest absolute Gasteiger partial charge is 0.329 e. The highest BCUT2D eigenvalue weighted by atomic mass is 16.7. The number of amides is 1. The van der Waals surface area contributed by atoms with E-state index < -0.39 is 71.8 Å². The summed E-state index contributed by atoms with van der Waals surface area (Å²) in [6, 6.07) is -1.04. The maximum atomic E-state index is 13.9. The van der Waals surface area contributed by atoms with Gasteiger partial charge in [-0.05, 0) is 50.9 Å². The maximum Gasteiger partial charge on any atom is 0.329 e. The Morgan fingerprint density at radius 1 is 1.13 bits per heavy atom. The van der Waals surface area contributed by atoms with Crippen molar-refractivity contribution >= 4 is 23.4 Å². The molecule has 2 aliphatic rings. The first-order chi connectivity index (χ1) is 22.2. The molecule has 47 heavy (non-hydrogen) atoms. The SMILES string of the molecule is C=CCC(C)C(=O)CC(O)C(C)C(CC)OC(=O)[C@@H]1CCCCN1C(=O)C(=O)[C@]1(O)O[C@H](C(CC(C)CCC)OC)[C@@H](OC)C[C@H]1C. The van der Waals surface area contributed by atoms with Gasteiger partial charge in [-0.2, -0.15) is 0 Å². The van der Waals surface area contributed by atoms with Gasteiger partial charge in [0.15, 0.2) is 0 Å². The van der Waals surface area contributed by atoms with Gasteiger partial charge in [-0.25, -0.2) is 4.79 Å². The first-order valence-corrected chi connectivity index (χ1v) is 17.5. The minimum atomic E-state index is -2.44. The van der Waals surface area contributed by atoms with Crippen LogP contribution in [0.2, 0.25) is 0 Å². The summed E-state index contributed by atoms with van der Waals surface area (Å²) in [4.78, 5) is 55.0. The van der Waals surface area contributed by atoms with Crippen LogP contribution in [0.4, 0.5) is 0 Å². The number of esters is 1. The van der Waals surface area contributed by atoms with Gasteiger partial charge in [-0.1, -0.05) is 60.5 Å². The Bertz CT molecular complexity index is 1050. The quantitative estimate of drug-likeness (QED) is 0.115. The lowest BCUT2D eigenvalue weighted by molar-refractivity contribution is -0.302. The molecule has 270 valence electrons. The van der Waals surface area contributed by atoms with E-state index in [1.54, 1.807) is 41.1 Å². The van der Waals surface area contributed by atoms with Crippen molar-refractivity contribution in [3.8, 4) is 0 Å². The molecule has 11 heteroatoms. The first kappa shape index (κ1) is 41.0. The number of rotatable bonds is 19. The van der Waals surface area contributed by atoms with E-state index in [0.717, 1.165) is 12.8 Å². The highest BCUT2D eigenvalue weighted by Gasteiger charge is 2.56. The van der Waals surface area contributed by atoms with E-state index in [4.69, 9.17) is 18.9 Å². The zero-order valence-electron chi connectivity index (χ0n) is 29.9.